The maximum absolute atomic E-state index is 14.4. The fraction of sp³-hybridized carbons (Fsp3) is 0.138. The summed E-state index contributed by atoms with van der Waals surface area (Å²) < 4.78 is 28.4. The molecule has 0 aliphatic carbocycles. The summed E-state index contributed by atoms with van der Waals surface area (Å²) in [5, 5.41) is 9.56. The quantitative estimate of drug-likeness (QED) is 0.290. The van der Waals surface area contributed by atoms with Gasteiger partial charge in [0.25, 0.3) is 0 Å². The lowest BCUT2D eigenvalue weighted by molar-refractivity contribution is 0.0691. The number of imidazole rings is 1. The standard InChI is InChI=1S/C29H21ClFN3O4/c1-34-26(32-22-11-12-23(29(35)36)33-28(22)34)13-16-5-7-17(8-6-16)19-3-2-4-24-27(19)37-15-25(38-24)20-10-9-18(30)14-21(20)31/h2-12,14,25H,13,15H2,1H3,(H,35,36). The van der Waals surface area contributed by atoms with Gasteiger partial charge in [-0.2, -0.15) is 0 Å². The van der Waals surface area contributed by atoms with Crippen LogP contribution in [0, 0.1) is 5.82 Å². The van der Waals surface area contributed by atoms with Crippen LogP contribution in [0.2, 0.25) is 5.02 Å². The van der Waals surface area contributed by atoms with E-state index in [1.807, 2.05) is 54.1 Å². The van der Waals surface area contributed by atoms with E-state index >= 15 is 0 Å². The minimum absolute atomic E-state index is 0.0154. The summed E-state index contributed by atoms with van der Waals surface area (Å²) in [4.78, 5) is 20.1. The van der Waals surface area contributed by atoms with Gasteiger partial charge in [-0.15, -0.1) is 0 Å². The number of fused-ring (bicyclic) bond motifs is 2. The molecule has 2 aromatic heterocycles. The Morgan fingerprint density at radius 1 is 1.11 bits per heavy atom. The van der Waals surface area contributed by atoms with E-state index in [9.17, 15) is 14.3 Å². The van der Waals surface area contributed by atoms with Crippen LogP contribution in [0.5, 0.6) is 11.5 Å². The molecule has 7 nitrogen and oxygen atoms in total. The lowest BCUT2D eigenvalue weighted by atomic mass is 10.0. The summed E-state index contributed by atoms with van der Waals surface area (Å²) in [7, 11) is 1.83. The van der Waals surface area contributed by atoms with Crippen molar-refractivity contribution in [2.75, 3.05) is 6.61 Å². The van der Waals surface area contributed by atoms with E-state index in [1.54, 1.807) is 18.2 Å². The molecule has 190 valence electrons. The molecule has 38 heavy (non-hydrogen) atoms. The molecule has 1 aliphatic heterocycles. The summed E-state index contributed by atoms with van der Waals surface area (Å²) >= 11 is 5.89. The Morgan fingerprint density at radius 3 is 2.68 bits per heavy atom. The molecule has 0 amide bonds. The van der Waals surface area contributed by atoms with Gasteiger partial charge in [0.1, 0.15) is 23.8 Å². The van der Waals surface area contributed by atoms with Gasteiger partial charge in [-0.3, -0.25) is 0 Å². The number of aromatic nitrogens is 3. The molecular weight excluding hydrogens is 509 g/mol. The smallest absolute Gasteiger partial charge is 0.354 e. The summed E-state index contributed by atoms with van der Waals surface area (Å²) in [6, 6.07) is 21.3. The van der Waals surface area contributed by atoms with Crippen molar-refractivity contribution >= 4 is 28.7 Å². The van der Waals surface area contributed by atoms with Crippen LogP contribution >= 0.6 is 11.6 Å². The zero-order valence-electron chi connectivity index (χ0n) is 20.2. The van der Waals surface area contributed by atoms with Gasteiger partial charge in [-0.05, 0) is 41.5 Å². The highest BCUT2D eigenvalue weighted by molar-refractivity contribution is 6.30. The fourth-order valence-electron chi connectivity index (χ4n) is 4.62. The molecule has 0 fully saturated rings. The molecule has 9 heteroatoms. The van der Waals surface area contributed by atoms with Crippen LogP contribution in [0.25, 0.3) is 22.3 Å². The third-order valence-corrected chi connectivity index (χ3v) is 6.83. The van der Waals surface area contributed by atoms with Crippen LogP contribution < -0.4 is 9.47 Å². The first-order valence-corrected chi connectivity index (χ1v) is 12.3. The van der Waals surface area contributed by atoms with Crippen molar-refractivity contribution < 1.29 is 23.8 Å². The van der Waals surface area contributed by atoms with E-state index in [4.69, 9.17) is 21.1 Å². The Hall–Kier alpha value is -4.43. The van der Waals surface area contributed by atoms with Gasteiger partial charge in [-0.1, -0.05) is 54.1 Å². The minimum Gasteiger partial charge on any atom is -0.485 e. The summed E-state index contributed by atoms with van der Waals surface area (Å²) in [5.74, 6) is 0.430. The number of benzene rings is 3. The lowest BCUT2D eigenvalue weighted by Gasteiger charge is -2.28. The molecule has 0 saturated heterocycles. The third kappa shape index (κ3) is 4.33. The molecule has 6 rings (SSSR count). The number of aromatic carboxylic acids is 1. The topological polar surface area (TPSA) is 86.5 Å². The predicted molar refractivity (Wildman–Crippen MR) is 140 cm³/mol. The number of hydrogen-bond acceptors (Lipinski definition) is 5. The van der Waals surface area contributed by atoms with Crippen molar-refractivity contribution in [3.63, 3.8) is 0 Å². The lowest BCUT2D eigenvalue weighted by Crippen LogP contribution is -2.22. The highest BCUT2D eigenvalue weighted by Gasteiger charge is 2.27. The van der Waals surface area contributed by atoms with Gasteiger partial charge >= 0.3 is 5.97 Å². The van der Waals surface area contributed by atoms with Crippen LogP contribution in [0.4, 0.5) is 4.39 Å². The van der Waals surface area contributed by atoms with Crippen molar-refractivity contribution in [1.29, 1.82) is 0 Å². The Morgan fingerprint density at radius 2 is 1.92 bits per heavy atom. The summed E-state index contributed by atoms with van der Waals surface area (Å²) in [6.07, 6.45) is -0.0251. The number of halogens is 2. The van der Waals surface area contributed by atoms with Crippen molar-refractivity contribution in [3.05, 3.63) is 106 Å². The molecule has 0 spiro atoms. The van der Waals surface area contributed by atoms with E-state index in [2.05, 4.69) is 9.97 Å². The first-order chi connectivity index (χ1) is 18.4. The molecule has 3 heterocycles. The SMILES string of the molecule is Cn1c(Cc2ccc(-c3cccc4c3OCC(c3ccc(Cl)cc3F)O4)cc2)nc2ccc(C(=O)O)nc21. The second-order valence-electron chi connectivity index (χ2n) is 9.02. The van der Waals surface area contributed by atoms with Crippen molar-refractivity contribution in [2.24, 2.45) is 7.05 Å². The number of carboxylic acids is 1. The van der Waals surface area contributed by atoms with E-state index < -0.39 is 17.9 Å². The highest BCUT2D eigenvalue weighted by atomic mass is 35.5. The Balaban J connectivity index is 1.24. The van der Waals surface area contributed by atoms with Crippen LogP contribution in [-0.4, -0.2) is 32.2 Å². The second kappa shape index (κ2) is 9.46. The van der Waals surface area contributed by atoms with Crippen molar-refractivity contribution in [3.8, 4) is 22.6 Å². The van der Waals surface area contributed by atoms with Gasteiger partial charge in [0.15, 0.2) is 28.9 Å². The van der Waals surface area contributed by atoms with Crippen LogP contribution in [-0.2, 0) is 13.5 Å². The molecule has 1 atom stereocenters. The fourth-order valence-corrected chi connectivity index (χ4v) is 4.78. The number of pyridine rings is 1. The predicted octanol–water partition coefficient (Wildman–Crippen LogP) is 6.23. The number of ether oxygens (including phenoxy) is 2. The molecule has 3 aromatic carbocycles. The van der Waals surface area contributed by atoms with Gasteiger partial charge in [0, 0.05) is 29.6 Å². The number of aryl methyl sites for hydroxylation is 1. The monoisotopic (exact) mass is 529 g/mol. The molecule has 0 radical (unpaired) electrons. The molecular formula is C29H21ClFN3O4. The molecule has 1 unspecified atom stereocenters. The van der Waals surface area contributed by atoms with Crippen LogP contribution in [0.3, 0.4) is 0 Å². The molecule has 1 aliphatic rings. The van der Waals surface area contributed by atoms with Crippen LogP contribution in [0.1, 0.15) is 33.5 Å². The summed E-state index contributed by atoms with van der Waals surface area (Å²) in [6.45, 7) is 0.172. The largest absolute Gasteiger partial charge is 0.485 e. The molecule has 5 aromatic rings. The van der Waals surface area contributed by atoms with Crippen LogP contribution in [0.15, 0.2) is 72.8 Å². The van der Waals surface area contributed by atoms with E-state index in [0.29, 0.717) is 39.7 Å². The molecule has 0 saturated carbocycles. The zero-order chi connectivity index (χ0) is 26.4. The average Bonchev–Trinajstić information content (AvgIpc) is 3.22. The van der Waals surface area contributed by atoms with Crippen molar-refractivity contribution in [2.45, 2.75) is 12.5 Å². The number of carbonyl (C=O) groups is 1. The van der Waals surface area contributed by atoms with Gasteiger partial charge in [-0.25, -0.2) is 19.2 Å². The Kier molecular flexibility index (Phi) is 5.96. The number of hydrogen-bond donors (Lipinski definition) is 1. The Bertz CT molecular complexity index is 1700. The van der Waals surface area contributed by atoms with Crippen molar-refractivity contribution in [1.82, 2.24) is 14.5 Å². The van der Waals surface area contributed by atoms with E-state index in [-0.39, 0.29) is 12.3 Å². The first-order valence-electron chi connectivity index (χ1n) is 11.9. The first kappa shape index (κ1) is 23.9. The number of rotatable bonds is 5. The third-order valence-electron chi connectivity index (χ3n) is 6.59. The highest BCUT2D eigenvalue weighted by Crippen LogP contribution is 2.43. The Labute approximate surface area is 222 Å². The van der Waals surface area contributed by atoms with Gasteiger partial charge in [0.05, 0.1) is 0 Å². The van der Waals surface area contributed by atoms with Gasteiger partial charge in [0.2, 0.25) is 0 Å². The van der Waals surface area contributed by atoms with E-state index in [0.717, 1.165) is 22.5 Å². The maximum atomic E-state index is 14.4. The van der Waals surface area contributed by atoms with E-state index in [1.165, 1.54) is 12.1 Å². The maximum Gasteiger partial charge on any atom is 0.354 e. The number of carboxylic acid groups (broad SMARTS) is 1. The average molecular weight is 530 g/mol. The normalized spacial score (nSPS) is 14.6. The molecule has 1 N–H and O–H groups in total. The minimum atomic E-state index is -1.07. The molecule has 0 bridgehead atoms. The van der Waals surface area contributed by atoms with Gasteiger partial charge < -0.3 is 19.1 Å². The summed E-state index contributed by atoms with van der Waals surface area (Å²) in [5.41, 5.74) is 4.41. The number of nitrogens with zero attached hydrogens (tertiary/aromatic N) is 3. The zero-order valence-corrected chi connectivity index (χ0v) is 20.9. The second-order valence-corrected chi connectivity index (χ2v) is 9.46. The number of para-hydroxylation sites is 1.